The van der Waals surface area contributed by atoms with Crippen LogP contribution in [0.2, 0.25) is 0 Å². The van der Waals surface area contributed by atoms with E-state index in [0.29, 0.717) is 12.8 Å². The van der Waals surface area contributed by atoms with Gasteiger partial charge in [-0.15, -0.1) is 0 Å². The molecule has 0 saturated heterocycles. The molecular weight excluding hydrogens is 408 g/mol. The molecule has 2 aromatic carbocycles. The maximum atomic E-state index is 12.3. The summed E-state index contributed by atoms with van der Waals surface area (Å²) in [7, 11) is 0. The summed E-state index contributed by atoms with van der Waals surface area (Å²) in [6, 6.07) is 15.8. The van der Waals surface area contributed by atoms with E-state index in [1.807, 2.05) is 24.3 Å². The predicted octanol–water partition coefficient (Wildman–Crippen LogP) is 3.67. The van der Waals surface area contributed by atoms with Gasteiger partial charge in [0.25, 0.3) is 0 Å². The maximum absolute atomic E-state index is 12.3. The van der Waals surface area contributed by atoms with Gasteiger partial charge in [0.05, 0.1) is 5.41 Å². The van der Waals surface area contributed by atoms with Crippen molar-refractivity contribution in [3.63, 3.8) is 0 Å². The van der Waals surface area contributed by atoms with Crippen molar-refractivity contribution in [1.82, 2.24) is 10.6 Å². The number of carbonyl (C=O) groups is 3. The lowest BCUT2D eigenvalue weighted by Crippen LogP contribution is -2.48. The summed E-state index contributed by atoms with van der Waals surface area (Å²) in [6.07, 6.45) is 1.50. The van der Waals surface area contributed by atoms with Gasteiger partial charge in [-0.05, 0) is 42.0 Å². The number of nitrogens with one attached hydrogen (secondary N) is 2. The fraction of sp³-hybridized carbons (Fsp3) is 0.400. The van der Waals surface area contributed by atoms with Gasteiger partial charge in [0.2, 0.25) is 5.91 Å². The zero-order valence-corrected chi connectivity index (χ0v) is 18.1. The number of fused-ring (bicyclic) bond motifs is 3. The average molecular weight is 437 g/mol. The van der Waals surface area contributed by atoms with Gasteiger partial charge >= 0.3 is 12.1 Å². The third-order valence-electron chi connectivity index (χ3n) is 6.59. The molecule has 1 fully saturated rings. The van der Waals surface area contributed by atoms with Crippen molar-refractivity contribution in [2.45, 2.75) is 44.6 Å². The summed E-state index contributed by atoms with van der Waals surface area (Å²) in [5, 5.41) is 14.7. The van der Waals surface area contributed by atoms with Gasteiger partial charge in [-0.3, -0.25) is 9.59 Å². The van der Waals surface area contributed by atoms with Crippen LogP contribution in [-0.4, -0.2) is 42.3 Å². The molecule has 4 rings (SSSR count). The minimum absolute atomic E-state index is 0.0264. The van der Waals surface area contributed by atoms with E-state index in [9.17, 15) is 19.5 Å². The van der Waals surface area contributed by atoms with Crippen LogP contribution in [0.1, 0.15) is 49.7 Å². The molecule has 0 heterocycles. The molecule has 2 aromatic rings. The van der Waals surface area contributed by atoms with Crippen LogP contribution in [0, 0.1) is 5.41 Å². The van der Waals surface area contributed by atoms with Crippen LogP contribution in [-0.2, 0) is 14.3 Å². The highest BCUT2D eigenvalue weighted by molar-refractivity contribution is 5.81. The van der Waals surface area contributed by atoms with Crippen LogP contribution in [0.15, 0.2) is 48.5 Å². The Kier molecular flexibility index (Phi) is 6.17. The Bertz CT molecular complexity index is 985. The topological polar surface area (TPSA) is 105 Å². The van der Waals surface area contributed by atoms with Crippen molar-refractivity contribution in [3.05, 3.63) is 59.7 Å². The van der Waals surface area contributed by atoms with Gasteiger partial charge < -0.3 is 20.5 Å². The number of benzene rings is 2. The normalized spacial score (nSPS) is 16.8. The molecular formula is C25H28N2O5. The number of alkyl carbamates (subject to hydrolysis) is 1. The molecule has 0 spiro atoms. The summed E-state index contributed by atoms with van der Waals surface area (Å²) in [6.45, 7) is 2.05. The molecule has 7 heteroatoms. The average Bonchev–Trinajstić information content (AvgIpc) is 3.05. The van der Waals surface area contributed by atoms with E-state index in [2.05, 4.69) is 34.9 Å². The molecule has 0 aromatic heterocycles. The number of rotatable bonds is 8. The molecule has 2 aliphatic carbocycles. The second kappa shape index (κ2) is 9.02. The van der Waals surface area contributed by atoms with Gasteiger partial charge in [-0.25, -0.2) is 4.79 Å². The van der Waals surface area contributed by atoms with E-state index >= 15 is 0 Å². The van der Waals surface area contributed by atoms with E-state index in [-0.39, 0.29) is 31.4 Å². The first-order chi connectivity index (χ1) is 15.4. The Labute approximate surface area is 187 Å². The van der Waals surface area contributed by atoms with Gasteiger partial charge in [0.1, 0.15) is 6.61 Å². The smallest absolute Gasteiger partial charge is 0.407 e. The standard InChI is InChI=1S/C25H28N2O5/c1-16(13-22(28)26-15-25(23(29)30)11-6-12-25)27-24(31)32-14-21-19-9-4-2-7-17(19)18-8-3-5-10-20(18)21/h2-5,7-10,16,21H,6,11-15H2,1H3,(H,26,28)(H,27,31)(H,29,30)/t16-/m1/s1. The van der Waals surface area contributed by atoms with Crippen LogP contribution in [0.4, 0.5) is 4.79 Å². The van der Waals surface area contributed by atoms with Crippen molar-refractivity contribution < 1.29 is 24.2 Å². The first-order valence-electron chi connectivity index (χ1n) is 11.0. The van der Waals surface area contributed by atoms with Crippen molar-refractivity contribution in [2.75, 3.05) is 13.2 Å². The van der Waals surface area contributed by atoms with Gasteiger partial charge in [0, 0.05) is 24.9 Å². The number of carboxylic acids is 1. The van der Waals surface area contributed by atoms with E-state index in [1.54, 1.807) is 6.92 Å². The van der Waals surface area contributed by atoms with Crippen molar-refractivity contribution in [1.29, 1.82) is 0 Å². The van der Waals surface area contributed by atoms with Crippen LogP contribution >= 0.6 is 0 Å². The molecule has 1 saturated carbocycles. The van der Waals surface area contributed by atoms with Crippen LogP contribution in [0.5, 0.6) is 0 Å². The second-order valence-corrected chi connectivity index (χ2v) is 8.79. The summed E-state index contributed by atoms with van der Waals surface area (Å²) in [5.74, 6) is -1.18. The Morgan fingerprint density at radius 2 is 1.66 bits per heavy atom. The number of hydrogen-bond acceptors (Lipinski definition) is 4. The number of ether oxygens (including phenoxy) is 1. The fourth-order valence-electron chi connectivity index (χ4n) is 4.58. The quantitative estimate of drug-likeness (QED) is 0.586. The van der Waals surface area contributed by atoms with E-state index < -0.39 is 23.5 Å². The summed E-state index contributed by atoms with van der Waals surface area (Å²) < 4.78 is 5.50. The highest BCUT2D eigenvalue weighted by atomic mass is 16.5. The molecule has 2 amide bonds. The minimum Gasteiger partial charge on any atom is -0.481 e. The molecule has 2 aliphatic rings. The monoisotopic (exact) mass is 436 g/mol. The highest BCUT2D eigenvalue weighted by Gasteiger charge is 2.44. The van der Waals surface area contributed by atoms with Crippen LogP contribution < -0.4 is 10.6 Å². The van der Waals surface area contributed by atoms with Crippen LogP contribution in [0.25, 0.3) is 11.1 Å². The largest absolute Gasteiger partial charge is 0.481 e. The molecule has 32 heavy (non-hydrogen) atoms. The lowest BCUT2D eigenvalue weighted by molar-refractivity contribution is -0.154. The molecule has 7 nitrogen and oxygen atoms in total. The molecule has 0 aliphatic heterocycles. The Hall–Kier alpha value is -3.35. The Balaban J connectivity index is 1.26. The van der Waals surface area contributed by atoms with E-state index in [1.165, 1.54) is 0 Å². The predicted molar refractivity (Wildman–Crippen MR) is 119 cm³/mol. The third kappa shape index (κ3) is 4.33. The van der Waals surface area contributed by atoms with Crippen molar-refractivity contribution in [2.24, 2.45) is 5.41 Å². The highest BCUT2D eigenvalue weighted by Crippen LogP contribution is 2.44. The van der Waals surface area contributed by atoms with Gasteiger partial charge in [0.15, 0.2) is 0 Å². The molecule has 0 unspecified atom stereocenters. The number of hydrogen-bond donors (Lipinski definition) is 3. The number of aliphatic carboxylic acids is 1. The van der Waals surface area contributed by atoms with Gasteiger partial charge in [-0.2, -0.15) is 0 Å². The van der Waals surface area contributed by atoms with Crippen molar-refractivity contribution >= 4 is 18.0 Å². The van der Waals surface area contributed by atoms with Gasteiger partial charge in [-0.1, -0.05) is 55.0 Å². The maximum Gasteiger partial charge on any atom is 0.407 e. The number of carbonyl (C=O) groups excluding carboxylic acids is 2. The lowest BCUT2D eigenvalue weighted by Gasteiger charge is -2.37. The third-order valence-corrected chi connectivity index (χ3v) is 6.59. The Morgan fingerprint density at radius 3 is 2.19 bits per heavy atom. The summed E-state index contributed by atoms with van der Waals surface area (Å²) in [5.41, 5.74) is 3.76. The minimum atomic E-state index is -0.867. The zero-order chi connectivity index (χ0) is 22.7. The SMILES string of the molecule is C[C@H](CC(=O)NCC1(C(=O)O)CCC1)NC(=O)OCC1c2ccccc2-c2ccccc21. The summed E-state index contributed by atoms with van der Waals surface area (Å²) >= 11 is 0. The first kappa shape index (κ1) is 21.9. The first-order valence-corrected chi connectivity index (χ1v) is 11.0. The second-order valence-electron chi connectivity index (χ2n) is 8.79. The molecule has 0 bridgehead atoms. The van der Waals surface area contributed by atoms with Crippen LogP contribution in [0.3, 0.4) is 0 Å². The van der Waals surface area contributed by atoms with E-state index in [4.69, 9.17) is 4.74 Å². The molecule has 1 atom stereocenters. The zero-order valence-electron chi connectivity index (χ0n) is 18.1. The molecule has 0 radical (unpaired) electrons. The van der Waals surface area contributed by atoms with Crippen molar-refractivity contribution in [3.8, 4) is 11.1 Å². The fourth-order valence-corrected chi connectivity index (χ4v) is 4.58. The number of amides is 2. The Morgan fingerprint density at radius 1 is 1.06 bits per heavy atom. The number of carboxylic acid groups (broad SMARTS) is 1. The summed E-state index contributed by atoms with van der Waals surface area (Å²) in [4.78, 5) is 35.9. The van der Waals surface area contributed by atoms with E-state index in [0.717, 1.165) is 28.7 Å². The lowest BCUT2D eigenvalue weighted by atomic mass is 9.69. The molecule has 168 valence electrons. The molecule has 3 N–H and O–H groups in total.